The molecule has 7 nitrogen and oxygen atoms in total. The van der Waals surface area contributed by atoms with Crippen LogP contribution in [0.3, 0.4) is 0 Å². The van der Waals surface area contributed by atoms with Gasteiger partial charge in [0.2, 0.25) is 10.0 Å². The predicted octanol–water partition coefficient (Wildman–Crippen LogP) is 1.01. The van der Waals surface area contributed by atoms with E-state index >= 15 is 0 Å². The van der Waals surface area contributed by atoms with E-state index in [2.05, 4.69) is 22.5 Å². The van der Waals surface area contributed by atoms with Crippen LogP contribution in [0.4, 0.5) is 0 Å². The number of aliphatic imine (C=N–C) groups is 1. The molecule has 0 saturated carbocycles. The van der Waals surface area contributed by atoms with Crippen LogP contribution in [0, 0.1) is 0 Å². The van der Waals surface area contributed by atoms with Gasteiger partial charge in [-0.25, -0.2) is 8.42 Å². The molecule has 0 radical (unpaired) electrons. The molecule has 0 aliphatic carbocycles. The van der Waals surface area contributed by atoms with Gasteiger partial charge >= 0.3 is 0 Å². The standard InChI is InChI=1S/C14H30N4O3S.HI/c1-5-7-16-14(15-6-2)17-8-9-22(19,20)18-10-12(3)21-13(4)11-18;/h12-13H,5-11H2,1-4H3,(H2,15,16,17);1H. The van der Waals surface area contributed by atoms with Crippen LogP contribution in [0.25, 0.3) is 0 Å². The van der Waals surface area contributed by atoms with Gasteiger partial charge in [0.15, 0.2) is 5.96 Å². The zero-order chi connectivity index (χ0) is 16.6. The fourth-order valence-electron chi connectivity index (χ4n) is 2.35. The second-order valence-corrected chi connectivity index (χ2v) is 7.67. The SMILES string of the molecule is CCCN=C(NCC)NCCS(=O)(=O)N1CC(C)OC(C)C1.I. The summed E-state index contributed by atoms with van der Waals surface area (Å²) in [5.74, 6) is 0.728. The van der Waals surface area contributed by atoms with E-state index in [-0.39, 0.29) is 41.9 Å². The third-order valence-electron chi connectivity index (χ3n) is 3.27. The molecule has 2 atom stereocenters. The average Bonchev–Trinajstić information content (AvgIpc) is 2.43. The second-order valence-electron chi connectivity index (χ2n) is 5.58. The van der Waals surface area contributed by atoms with Gasteiger partial charge in [0.05, 0.1) is 18.0 Å². The van der Waals surface area contributed by atoms with Gasteiger partial charge in [0, 0.05) is 32.7 Å². The maximum Gasteiger partial charge on any atom is 0.216 e. The van der Waals surface area contributed by atoms with Gasteiger partial charge in [-0.15, -0.1) is 24.0 Å². The average molecular weight is 462 g/mol. The lowest BCUT2D eigenvalue weighted by atomic mass is 10.3. The fraction of sp³-hybridized carbons (Fsp3) is 0.929. The molecule has 9 heteroatoms. The number of hydrogen-bond acceptors (Lipinski definition) is 4. The van der Waals surface area contributed by atoms with E-state index in [0.29, 0.717) is 25.6 Å². The summed E-state index contributed by atoms with van der Waals surface area (Å²) < 4.78 is 31.9. The van der Waals surface area contributed by atoms with Gasteiger partial charge in [-0.3, -0.25) is 4.99 Å². The highest BCUT2D eigenvalue weighted by Crippen LogP contribution is 2.14. The van der Waals surface area contributed by atoms with Crippen molar-refractivity contribution in [2.45, 2.75) is 46.3 Å². The van der Waals surface area contributed by atoms with E-state index in [1.54, 1.807) is 0 Å². The molecule has 0 aromatic rings. The number of hydrogen-bond donors (Lipinski definition) is 2. The van der Waals surface area contributed by atoms with E-state index in [1.165, 1.54) is 4.31 Å². The number of guanidine groups is 1. The quantitative estimate of drug-likeness (QED) is 0.335. The van der Waals surface area contributed by atoms with Gasteiger partial charge in [-0.1, -0.05) is 6.92 Å². The Balaban J connectivity index is 0.00000484. The Kier molecular flexibility index (Phi) is 11.4. The van der Waals surface area contributed by atoms with Crippen LogP contribution >= 0.6 is 24.0 Å². The molecule has 2 N–H and O–H groups in total. The van der Waals surface area contributed by atoms with Gasteiger partial charge in [0.1, 0.15) is 0 Å². The van der Waals surface area contributed by atoms with Crippen molar-refractivity contribution in [3.63, 3.8) is 0 Å². The van der Waals surface area contributed by atoms with Crippen LogP contribution in [-0.2, 0) is 14.8 Å². The van der Waals surface area contributed by atoms with Gasteiger partial charge < -0.3 is 15.4 Å². The van der Waals surface area contributed by atoms with Crippen molar-refractivity contribution < 1.29 is 13.2 Å². The fourth-order valence-corrected chi connectivity index (χ4v) is 3.84. The first-order valence-corrected chi connectivity index (χ1v) is 9.65. The van der Waals surface area contributed by atoms with Crippen molar-refractivity contribution in [1.82, 2.24) is 14.9 Å². The molecule has 0 spiro atoms. The van der Waals surface area contributed by atoms with Crippen LogP contribution < -0.4 is 10.6 Å². The largest absolute Gasteiger partial charge is 0.373 e. The van der Waals surface area contributed by atoms with Crippen molar-refractivity contribution in [2.75, 3.05) is 38.5 Å². The van der Waals surface area contributed by atoms with E-state index in [9.17, 15) is 8.42 Å². The van der Waals surface area contributed by atoms with Gasteiger partial charge in [0.25, 0.3) is 0 Å². The molecule has 1 aliphatic heterocycles. The molecule has 1 saturated heterocycles. The highest BCUT2D eigenvalue weighted by atomic mass is 127. The zero-order valence-corrected chi connectivity index (χ0v) is 17.7. The number of halogens is 1. The molecule has 0 aromatic heterocycles. The van der Waals surface area contributed by atoms with Gasteiger partial charge in [-0.2, -0.15) is 4.31 Å². The lowest BCUT2D eigenvalue weighted by molar-refractivity contribution is -0.0440. The van der Waals surface area contributed by atoms with E-state index in [1.807, 2.05) is 20.8 Å². The minimum absolute atomic E-state index is 0. The summed E-state index contributed by atoms with van der Waals surface area (Å²) in [6.45, 7) is 10.5. The van der Waals surface area contributed by atoms with Crippen LogP contribution in [0.5, 0.6) is 0 Å². The van der Waals surface area contributed by atoms with Crippen LogP contribution in [0.1, 0.15) is 34.1 Å². The van der Waals surface area contributed by atoms with Crippen molar-refractivity contribution in [1.29, 1.82) is 0 Å². The third kappa shape index (κ3) is 8.50. The molecule has 2 unspecified atom stereocenters. The number of rotatable bonds is 7. The van der Waals surface area contributed by atoms with Crippen molar-refractivity contribution in [3.05, 3.63) is 0 Å². The topological polar surface area (TPSA) is 83.0 Å². The molecule has 23 heavy (non-hydrogen) atoms. The summed E-state index contributed by atoms with van der Waals surface area (Å²) in [6.07, 6.45) is 0.836. The van der Waals surface area contributed by atoms with Crippen LogP contribution in [-0.4, -0.2) is 69.4 Å². The van der Waals surface area contributed by atoms with E-state index in [4.69, 9.17) is 4.74 Å². The molecule has 1 heterocycles. The van der Waals surface area contributed by atoms with Crippen molar-refractivity contribution in [2.24, 2.45) is 4.99 Å². The Bertz CT molecular complexity index is 449. The Morgan fingerprint density at radius 2 is 1.83 bits per heavy atom. The lowest BCUT2D eigenvalue weighted by Gasteiger charge is -2.34. The molecule has 0 bridgehead atoms. The Labute approximate surface area is 157 Å². The van der Waals surface area contributed by atoms with Crippen LogP contribution in [0.2, 0.25) is 0 Å². The monoisotopic (exact) mass is 462 g/mol. The number of sulfonamides is 1. The Hall–Kier alpha value is -0.130. The molecule has 138 valence electrons. The number of ether oxygens (including phenoxy) is 1. The normalized spacial score (nSPS) is 23.2. The summed E-state index contributed by atoms with van der Waals surface area (Å²) in [6, 6.07) is 0. The number of nitrogens with zero attached hydrogens (tertiary/aromatic N) is 2. The summed E-state index contributed by atoms with van der Waals surface area (Å²) in [4.78, 5) is 4.35. The van der Waals surface area contributed by atoms with E-state index in [0.717, 1.165) is 19.5 Å². The first kappa shape index (κ1) is 22.9. The summed E-state index contributed by atoms with van der Waals surface area (Å²) in [5.41, 5.74) is 0. The lowest BCUT2D eigenvalue weighted by Crippen LogP contribution is -2.50. The minimum Gasteiger partial charge on any atom is -0.373 e. The van der Waals surface area contributed by atoms with Gasteiger partial charge in [-0.05, 0) is 27.2 Å². The first-order chi connectivity index (χ1) is 10.4. The molecule has 0 aromatic carbocycles. The summed E-state index contributed by atoms with van der Waals surface area (Å²) in [5, 5.41) is 6.18. The third-order valence-corrected chi connectivity index (χ3v) is 5.07. The smallest absolute Gasteiger partial charge is 0.216 e. The maximum absolute atomic E-state index is 12.4. The molecular formula is C14H31IN4O3S. The second kappa shape index (κ2) is 11.4. The van der Waals surface area contributed by atoms with Crippen molar-refractivity contribution >= 4 is 40.0 Å². The number of morpholine rings is 1. The zero-order valence-electron chi connectivity index (χ0n) is 14.5. The molecule has 1 aliphatic rings. The Morgan fingerprint density at radius 3 is 2.35 bits per heavy atom. The highest BCUT2D eigenvalue weighted by molar-refractivity contribution is 14.0. The summed E-state index contributed by atoms with van der Waals surface area (Å²) in [7, 11) is -3.27. The highest BCUT2D eigenvalue weighted by Gasteiger charge is 2.30. The van der Waals surface area contributed by atoms with Crippen LogP contribution in [0.15, 0.2) is 4.99 Å². The maximum atomic E-state index is 12.4. The molecular weight excluding hydrogens is 431 g/mol. The molecule has 0 amide bonds. The summed E-state index contributed by atoms with van der Waals surface area (Å²) >= 11 is 0. The number of nitrogens with one attached hydrogen (secondary N) is 2. The molecule has 1 rings (SSSR count). The predicted molar refractivity (Wildman–Crippen MR) is 105 cm³/mol. The Morgan fingerprint density at radius 1 is 1.22 bits per heavy atom. The van der Waals surface area contributed by atoms with E-state index < -0.39 is 10.0 Å². The molecule has 1 fully saturated rings. The first-order valence-electron chi connectivity index (χ1n) is 8.04. The van der Waals surface area contributed by atoms with Crippen molar-refractivity contribution in [3.8, 4) is 0 Å². The minimum atomic E-state index is -3.27.